The molecule has 5 nitrogen and oxygen atoms in total. The van der Waals surface area contributed by atoms with Crippen molar-refractivity contribution in [2.45, 2.75) is 57.7 Å². The molecule has 26 heavy (non-hydrogen) atoms. The Balaban J connectivity index is 0.00000121. The Bertz CT molecular complexity index is 742. The van der Waals surface area contributed by atoms with Crippen molar-refractivity contribution < 1.29 is 4.79 Å². The highest BCUT2D eigenvalue weighted by Gasteiger charge is 2.34. The van der Waals surface area contributed by atoms with Crippen molar-refractivity contribution in [1.82, 2.24) is 19.8 Å². The number of imidazole rings is 1. The Labute approximate surface area is 167 Å². The van der Waals surface area contributed by atoms with Gasteiger partial charge in [-0.15, -0.1) is 24.8 Å². The first-order valence-corrected chi connectivity index (χ1v) is 9.26. The second-order valence-electron chi connectivity index (χ2n) is 6.95. The van der Waals surface area contributed by atoms with Gasteiger partial charge in [0.05, 0.1) is 17.1 Å². The van der Waals surface area contributed by atoms with Gasteiger partial charge in [-0.05, 0) is 51.3 Å². The number of aromatic nitrogens is 2. The number of carbonyl (C=O) groups is 1. The van der Waals surface area contributed by atoms with Crippen molar-refractivity contribution in [3.05, 3.63) is 30.1 Å². The zero-order chi connectivity index (χ0) is 16.5. The van der Waals surface area contributed by atoms with E-state index in [9.17, 15) is 4.79 Å². The van der Waals surface area contributed by atoms with Crippen molar-refractivity contribution in [3.63, 3.8) is 0 Å². The highest BCUT2D eigenvalue weighted by Crippen LogP contribution is 2.34. The Morgan fingerprint density at radius 2 is 2.04 bits per heavy atom. The van der Waals surface area contributed by atoms with Gasteiger partial charge in [0.15, 0.2) is 0 Å². The minimum absolute atomic E-state index is 0. The Morgan fingerprint density at radius 3 is 2.77 bits per heavy atom. The summed E-state index contributed by atoms with van der Waals surface area (Å²) in [7, 11) is 0. The molecule has 2 unspecified atom stereocenters. The third-order valence-corrected chi connectivity index (χ3v) is 5.45. The van der Waals surface area contributed by atoms with E-state index in [4.69, 9.17) is 4.98 Å². The molecule has 3 heterocycles. The number of rotatable bonds is 4. The molecular weight excluding hydrogens is 371 g/mol. The summed E-state index contributed by atoms with van der Waals surface area (Å²) >= 11 is 0. The molecule has 2 atom stereocenters. The Kier molecular flexibility index (Phi) is 7.33. The third-order valence-electron chi connectivity index (χ3n) is 5.45. The molecule has 2 aromatic rings. The van der Waals surface area contributed by atoms with Crippen LogP contribution in [0.2, 0.25) is 0 Å². The van der Waals surface area contributed by atoms with E-state index in [0.717, 1.165) is 50.2 Å². The van der Waals surface area contributed by atoms with Crippen molar-refractivity contribution in [2.24, 2.45) is 0 Å². The van der Waals surface area contributed by atoms with E-state index in [1.807, 2.05) is 6.07 Å². The number of likely N-dealkylation sites (tertiary alicyclic amines) is 1. The van der Waals surface area contributed by atoms with Gasteiger partial charge in [0.1, 0.15) is 5.82 Å². The van der Waals surface area contributed by atoms with Crippen LogP contribution in [0.15, 0.2) is 24.3 Å². The second kappa shape index (κ2) is 9.07. The molecule has 0 saturated carbocycles. The largest absolute Gasteiger partial charge is 0.332 e. The molecule has 0 bridgehead atoms. The first-order valence-electron chi connectivity index (χ1n) is 9.26. The van der Waals surface area contributed by atoms with Crippen LogP contribution < -0.4 is 5.32 Å². The number of nitrogens with zero attached hydrogens (tertiary/aromatic N) is 3. The highest BCUT2D eigenvalue weighted by molar-refractivity contribution is 5.85. The van der Waals surface area contributed by atoms with Gasteiger partial charge in [-0.2, -0.15) is 0 Å². The van der Waals surface area contributed by atoms with Crippen LogP contribution in [-0.4, -0.2) is 39.5 Å². The topological polar surface area (TPSA) is 50.2 Å². The third kappa shape index (κ3) is 3.85. The molecule has 4 rings (SSSR count). The lowest BCUT2D eigenvalue weighted by Gasteiger charge is -2.26. The van der Waals surface area contributed by atoms with Gasteiger partial charge in [0.25, 0.3) is 0 Å². The van der Waals surface area contributed by atoms with Crippen LogP contribution in [0.4, 0.5) is 0 Å². The molecule has 2 aliphatic rings. The average Bonchev–Trinajstić information content (AvgIpc) is 3.33. The van der Waals surface area contributed by atoms with Crippen molar-refractivity contribution >= 4 is 41.8 Å². The lowest BCUT2D eigenvalue weighted by Crippen LogP contribution is -2.36. The van der Waals surface area contributed by atoms with Crippen LogP contribution in [0.25, 0.3) is 11.0 Å². The standard InChI is InChI=1S/C19H26N4O.2ClH/c1-2-22-16-9-4-3-8-15(16)21-19(22)17-10-6-12-23(17)18(24)13-14-7-5-11-20-14;;/h3-4,8-9,14,17,20H,2,5-7,10-13H2,1H3;2*1H. The van der Waals surface area contributed by atoms with E-state index < -0.39 is 0 Å². The van der Waals surface area contributed by atoms with Gasteiger partial charge in [0, 0.05) is 25.6 Å². The number of nitrogens with one attached hydrogen (secondary N) is 1. The number of halogens is 2. The molecule has 1 aromatic heterocycles. The van der Waals surface area contributed by atoms with Gasteiger partial charge in [-0.1, -0.05) is 12.1 Å². The number of para-hydroxylation sites is 2. The lowest BCUT2D eigenvalue weighted by molar-refractivity contribution is -0.132. The number of carbonyl (C=O) groups excluding carboxylic acids is 1. The summed E-state index contributed by atoms with van der Waals surface area (Å²) in [5.41, 5.74) is 2.21. The van der Waals surface area contributed by atoms with Gasteiger partial charge >= 0.3 is 0 Å². The summed E-state index contributed by atoms with van der Waals surface area (Å²) in [6.07, 6.45) is 5.03. The van der Waals surface area contributed by atoms with Gasteiger partial charge < -0.3 is 14.8 Å². The summed E-state index contributed by atoms with van der Waals surface area (Å²) in [5, 5.41) is 3.44. The number of amides is 1. The molecule has 2 aliphatic heterocycles. The minimum Gasteiger partial charge on any atom is -0.332 e. The quantitative estimate of drug-likeness (QED) is 0.853. The monoisotopic (exact) mass is 398 g/mol. The van der Waals surface area contributed by atoms with Crippen LogP contribution in [-0.2, 0) is 11.3 Å². The van der Waals surface area contributed by atoms with Crippen LogP contribution in [0.5, 0.6) is 0 Å². The molecule has 7 heteroatoms. The van der Waals surface area contributed by atoms with Crippen LogP contribution >= 0.6 is 24.8 Å². The average molecular weight is 399 g/mol. The van der Waals surface area contributed by atoms with Gasteiger partial charge in [-0.25, -0.2) is 4.98 Å². The summed E-state index contributed by atoms with van der Waals surface area (Å²) in [5.74, 6) is 1.34. The molecule has 0 radical (unpaired) electrons. The Morgan fingerprint density at radius 1 is 1.23 bits per heavy atom. The summed E-state index contributed by atoms with van der Waals surface area (Å²) in [6, 6.07) is 8.77. The summed E-state index contributed by atoms with van der Waals surface area (Å²) in [4.78, 5) is 19.8. The van der Waals surface area contributed by atoms with Gasteiger partial charge in [0.2, 0.25) is 5.91 Å². The summed E-state index contributed by atoms with van der Waals surface area (Å²) < 4.78 is 2.28. The molecule has 2 saturated heterocycles. The van der Waals surface area contributed by atoms with Gasteiger partial charge in [-0.3, -0.25) is 4.79 Å². The zero-order valence-corrected chi connectivity index (χ0v) is 16.8. The fourth-order valence-electron chi connectivity index (χ4n) is 4.27. The van der Waals surface area contributed by atoms with E-state index in [2.05, 4.69) is 39.9 Å². The second-order valence-corrected chi connectivity index (χ2v) is 6.95. The SMILES string of the molecule is CCn1c(C2CCCN2C(=O)CC2CCCN2)nc2ccccc21.Cl.Cl. The van der Waals surface area contributed by atoms with E-state index in [0.29, 0.717) is 12.5 Å². The predicted molar refractivity (Wildman–Crippen MR) is 109 cm³/mol. The highest BCUT2D eigenvalue weighted by atomic mass is 35.5. The van der Waals surface area contributed by atoms with E-state index in [1.165, 1.54) is 11.9 Å². The molecule has 2 fully saturated rings. The molecular formula is C19H28Cl2N4O. The van der Waals surface area contributed by atoms with E-state index in [-0.39, 0.29) is 36.8 Å². The first-order chi connectivity index (χ1) is 11.8. The van der Waals surface area contributed by atoms with Crippen molar-refractivity contribution in [2.75, 3.05) is 13.1 Å². The van der Waals surface area contributed by atoms with Crippen molar-refractivity contribution in [3.8, 4) is 0 Å². The smallest absolute Gasteiger partial charge is 0.224 e. The molecule has 144 valence electrons. The maximum absolute atomic E-state index is 12.8. The maximum atomic E-state index is 12.8. The molecule has 0 aliphatic carbocycles. The summed E-state index contributed by atoms with van der Waals surface area (Å²) in [6.45, 7) is 4.95. The Hall–Kier alpha value is -1.30. The lowest BCUT2D eigenvalue weighted by atomic mass is 10.1. The molecule has 1 aromatic carbocycles. The van der Waals surface area contributed by atoms with Crippen LogP contribution in [0.1, 0.15) is 50.9 Å². The minimum atomic E-state index is 0. The number of hydrogen-bond donors (Lipinski definition) is 1. The molecule has 0 spiro atoms. The number of hydrogen-bond acceptors (Lipinski definition) is 3. The van der Waals surface area contributed by atoms with Crippen LogP contribution in [0.3, 0.4) is 0 Å². The fraction of sp³-hybridized carbons (Fsp3) is 0.579. The number of benzene rings is 1. The number of aryl methyl sites for hydroxylation is 1. The maximum Gasteiger partial charge on any atom is 0.224 e. The first kappa shape index (κ1) is 21.0. The van der Waals surface area contributed by atoms with Crippen molar-refractivity contribution in [1.29, 1.82) is 0 Å². The zero-order valence-electron chi connectivity index (χ0n) is 15.2. The van der Waals surface area contributed by atoms with E-state index in [1.54, 1.807) is 0 Å². The van der Waals surface area contributed by atoms with E-state index >= 15 is 0 Å². The normalized spacial score (nSPS) is 22.3. The predicted octanol–water partition coefficient (Wildman–Crippen LogP) is 3.71. The molecule has 1 amide bonds. The molecule has 1 N–H and O–H groups in total. The number of fused-ring (bicyclic) bond motifs is 1. The van der Waals surface area contributed by atoms with Crippen LogP contribution in [0, 0.1) is 0 Å². The fourth-order valence-corrected chi connectivity index (χ4v) is 4.27.